The van der Waals surface area contributed by atoms with Gasteiger partial charge in [0.2, 0.25) is 11.7 Å². The number of aromatic nitrogens is 1. The number of rotatable bonds is 6. The number of alkyl halides is 3. The first kappa shape index (κ1) is 25.1. The third kappa shape index (κ3) is 4.47. The number of halogens is 5. The first-order valence-corrected chi connectivity index (χ1v) is 9.83. The maximum absolute atomic E-state index is 14.3. The summed E-state index contributed by atoms with van der Waals surface area (Å²) in [6, 6.07) is 2.74. The smallest absolute Gasteiger partial charge is 0.419 e. The fourth-order valence-electron chi connectivity index (χ4n) is 3.86. The second kappa shape index (κ2) is 9.05. The van der Waals surface area contributed by atoms with E-state index < -0.39 is 60.0 Å². The quantitative estimate of drug-likeness (QED) is 0.606. The van der Waals surface area contributed by atoms with Crippen molar-refractivity contribution in [3.8, 4) is 5.75 Å². The molecule has 2 aromatic rings. The Balaban J connectivity index is 2.06. The molecule has 0 aliphatic carbocycles. The van der Waals surface area contributed by atoms with Crippen LogP contribution in [0.4, 0.5) is 33.3 Å². The highest BCUT2D eigenvalue weighted by Crippen LogP contribution is 2.47. The second-order valence-electron chi connectivity index (χ2n) is 7.69. The Morgan fingerprint density at radius 2 is 1.91 bits per heavy atom. The summed E-state index contributed by atoms with van der Waals surface area (Å²) in [6.07, 6.45) is -5.75. The molecule has 2 heterocycles. The Morgan fingerprint density at radius 3 is 2.47 bits per heavy atom. The molecule has 1 aliphatic rings. The van der Waals surface area contributed by atoms with Crippen molar-refractivity contribution >= 4 is 23.2 Å². The van der Waals surface area contributed by atoms with Crippen molar-refractivity contribution in [2.24, 2.45) is 5.73 Å². The second-order valence-corrected chi connectivity index (χ2v) is 7.69. The van der Waals surface area contributed by atoms with Crippen LogP contribution in [0.25, 0.3) is 0 Å². The van der Waals surface area contributed by atoms with Gasteiger partial charge in [0, 0.05) is 24.9 Å². The van der Waals surface area contributed by atoms with E-state index in [0.717, 1.165) is 31.3 Å². The Kier molecular flexibility index (Phi) is 6.69. The monoisotopic (exact) mass is 488 g/mol. The fraction of sp³-hybridized carbons (Fsp3) is 0.381. The zero-order chi connectivity index (χ0) is 25.4. The van der Waals surface area contributed by atoms with Crippen LogP contribution in [0.1, 0.15) is 22.6 Å². The molecule has 0 unspecified atom stereocenters. The number of pyridine rings is 1. The molecule has 0 bridgehead atoms. The van der Waals surface area contributed by atoms with E-state index in [9.17, 15) is 31.5 Å². The number of nitrogens with two attached hydrogens (primary N) is 1. The summed E-state index contributed by atoms with van der Waals surface area (Å²) in [6.45, 7) is 0.629. The lowest BCUT2D eigenvalue weighted by Crippen LogP contribution is -2.49. The lowest BCUT2D eigenvalue weighted by atomic mass is 9.99. The van der Waals surface area contributed by atoms with Crippen LogP contribution in [0.5, 0.6) is 5.75 Å². The van der Waals surface area contributed by atoms with Crippen LogP contribution in [0.15, 0.2) is 24.3 Å². The minimum Gasteiger partial charge on any atom is -0.491 e. The lowest BCUT2D eigenvalue weighted by molar-refractivity contribution is -0.261. The van der Waals surface area contributed by atoms with Crippen LogP contribution in [0, 0.1) is 18.6 Å². The van der Waals surface area contributed by atoms with E-state index in [1.807, 2.05) is 0 Å². The normalized spacial score (nSPS) is 20.4. The molecule has 8 nitrogen and oxygen atoms in total. The summed E-state index contributed by atoms with van der Waals surface area (Å²) in [5, 5.41) is 2.44. The van der Waals surface area contributed by atoms with Crippen molar-refractivity contribution in [2.45, 2.75) is 31.2 Å². The minimum absolute atomic E-state index is 0.0606. The van der Waals surface area contributed by atoms with E-state index in [0.29, 0.717) is 11.8 Å². The van der Waals surface area contributed by atoms with Crippen LogP contribution in [0.3, 0.4) is 0 Å². The average molecular weight is 488 g/mol. The molecule has 2 amide bonds. The first-order valence-electron chi connectivity index (χ1n) is 9.83. The maximum Gasteiger partial charge on any atom is 0.419 e. The molecule has 1 fully saturated rings. The summed E-state index contributed by atoms with van der Waals surface area (Å²) in [4.78, 5) is 29.5. The van der Waals surface area contributed by atoms with Crippen molar-refractivity contribution in [1.29, 1.82) is 0 Å². The lowest BCUT2D eigenvalue weighted by Gasteiger charge is -2.31. The standard InChI is InChI=1S/C21H21F5N4O4/c1-10-6-11(7-13(28-10)18(27)31)29-19(32)15-8-20(34-3,21(24,25)26)9-30(15)14-5-4-12(22)16(23)17(14)33-2/h4-7,15H,8-9H2,1-3H3,(H2,27,31)(H,28,29,32)/t15-,20+/m0/s1. The van der Waals surface area contributed by atoms with Gasteiger partial charge >= 0.3 is 6.18 Å². The van der Waals surface area contributed by atoms with Gasteiger partial charge in [0.15, 0.2) is 17.2 Å². The fourth-order valence-corrected chi connectivity index (χ4v) is 3.86. The van der Waals surface area contributed by atoms with Gasteiger partial charge < -0.3 is 25.4 Å². The molecule has 3 rings (SSSR count). The molecule has 13 heteroatoms. The number of aryl methyl sites for hydroxylation is 1. The number of nitrogens with zero attached hydrogens (tertiary/aromatic N) is 2. The molecule has 0 spiro atoms. The third-order valence-electron chi connectivity index (χ3n) is 5.55. The zero-order valence-corrected chi connectivity index (χ0v) is 18.3. The Bertz CT molecular complexity index is 1130. The van der Waals surface area contributed by atoms with Crippen LogP contribution in [-0.4, -0.2) is 55.4 Å². The predicted octanol–water partition coefficient (Wildman–Crippen LogP) is 2.94. The van der Waals surface area contributed by atoms with E-state index >= 15 is 0 Å². The van der Waals surface area contributed by atoms with Crippen LogP contribution in [0.2, 0.25) is 0 Å². The number of methoxy groups -OCH3 is 2. The van der Waals surface area contributed by atoms with Gasteiger partial charge in [-0.3, -0.25) is 9.59 Å². The molecule has 3 N–H and O–H groups in total. The number of carbonyl (C=O) groups is 2. The molecule has 2 atom stereocenters. The number of hydrogen-bond donors (Lipinski definition) is 2. The molecular formula is C21H21F5N4O4. The number of ether oxygens (including phenoxy) is 2. The van der Waals surface area contributed by atoms with Crippen LogP contribution >= 0.6 is 0 Å². The van der Waals surface area contributed by atoms with E-state index in [1.54, 1.807) is 0 Å². The largest absolute Gasteiger partial charge is 0.491 e. The van der Waals surface area contributed by atoms with Gasteiger partial charge in [-0.2, -0.15) is 17.6 Å². The number of carbonyl (C=O) groups excluding carboxylic acids is 2. The third-order valence-corrected chi connectivity index (χ3v) is 5.55. The van der Waals surface area contributed by atoms with E-state index in [-0.39, 0.29) is 17.1 Å². The molecule has 0 saturated carbocycles. The SMILES string of the molecule is COc1c(N2C[C@@](OC)(C(F)(F)F)C[C@H]2C(=O)Nc2cc(C)nc(C(N)=O)c2)ccc(F)c1F. The topological polar surface area (TPSA) is 107 Å². The van der Waals surface area contributed by atoms with Gasteiger partial charge in [0.25, 0.3) is 5.91 Å². The van der Waals surface area contributed by atoms with Crippen LogP contribution in [-0.2, 0) is 9.53 Å². The molecule has 0 radical (unpaired) electrons. The van der Waals surface area contributed by atoms with Gasteiger partial charge in [-0.1, -0.05) is 0 Å². The number of benzene rings is 1. The van der Waals surface area contributed by atoms with Crippen molar-refractivity contribution in [3.05, 3.63) is 47.3 Å². The molecule has 184 valence electrons. The molecule has 1 aliphatic heterocycles. The summed E-state index contributed by atoms with van der Waals surface area (Å²) in [5.74, 6) is -5.15. The first-order chi connectivity index (χ1) is 15.8. The van der Waals surface area contributed by atoms with Gasteiger partial charge in [0.1, 0.15) is 11.7 Å². The highest BCUT2D eigenvalue weighted by Gasteiger charge is 2.63. The molecule has 34 heavy (non-hydrogen) atoms. The zero-order valence-electron chi connectivity index (χ0n) is 18.3. The maximum atomic E-state index is 14.3. The molecule has 1 aromatic carbocycles. The number of anilines is 2. The Hall–Kier alpha value is -3.48. The van der Waals surface area contributed by atoms with E-state index in [1.165, 1.54) is 13.0 Å². The van der Waals surface area contributed by atoms with Crippen molar-refractivity contribution in [2.75, 3.05) is 31.0 Å². The minimum atomic E-state index is -4.90. The van der Waals surface area contributed by atoms with Crippen molar-refractivity contribution < 1.29 is 41.0 Å². The average Bonchev–Trinajstić information content (AvgIpc) is 3.16. The van der Waals surface area contributed by atoms with E-state index in [4.69, 9.17) is 15.2 Å². The van der Waals surface area contributed by atoms with Crippen molar-refractivity contribution in [1.82, 2.24) is 4.98 Å². The van der Waals surface area contributed by atoms with Crippen molar-refractivity contribution in [3.63, 3.8) is 0 Å². The van der Waals surface area contributed by atoms with Gasteiger partial charge in [-0.15, -0.1) is 0 Å². The van der Waals surface area contributed by atoms with Gasteiger partial charge in [0.05, 0.1) is 19.3 Å². The predicted molar refractivity (Wildman–Crippen MR) is 111 cm³/mol. The number of nitrogens with one attached hydrogen (secondary N) is 1. The summed E-state index contributed by atoms with van der Waals surface area (Å²) >= 11 is 0. The summed E-state index contributed by atoms with van der Waals surface area (Å²) in [7, 11) is 1.87. The summed E-state index contributed by atoms with van der Waals surface area (Å²) < 4.78 is 79.7. The molecule has 1 saturated heterocycles. The van der Waals surface area contributed by atoms with E-state index in [2.05, 4.69) is 10.3 Å². The summed E-state index contributed by atoms with van der Waals surface area (Å²) in [5.41, 5.74) is 2.38. The number of amides is 2. The Labute approximate surface area is 190 Å². The van der Waals surface area contributed by atoms with Gasteiger partial charge in [-0.05, 0) is 31.2 Å². The highest BCUT2D eigenvalue weighted by molar-refractivity contribution is 5.99. The number of hydrogen-bond acceptors (Lipinski definition) is 6. The highest BCUT2D eigenvalue weighted by atomic mass is 19.4. The molecular weight excluding hydrogens is 467 g/mol. The number of primary amides is 1. The molecule has 1 aromatic heterocycles. The van der Waals surface area contributed by atoms with Crippen LogP contribution < -0.4 is 20.7 Å². The van der Waals surface area contributed by atoms with Gasteiger partial charge in [-0.25, -0.2) is 9.37 Å². The Morgan fingerprint density at radius 1 is 1.24 bits per heavy atom.